The average molecular weight is 856 g/mol. The number of hydrogen-bond acceptors (Lipinski definition) is 5. The molecule has 0 radical (unpaired) electrons. The van der Waals surface area contributed by atoms with Crippen molar-refractivity contribution in [3.8, 4) is 0 Å². The molecule has 356 valence electrons. The molecule has 0 heterocycles. The summed E-state index contributed by atoms with van der Waals surface area (Å²) >= 11 is 0. The number of nitrogens with one attached hydrogen (secondary N) is 1. The number of carbonyl (C=O) groups is 2. The molecule has 0 saturated heterocycles. The van der Waals surface area contributed by atoms with Crippen molar-refractivity contribution in [3.63, 3.8) is 0 Å². The Morgan fingerprint density at radius 3 is 1.30 bits per heavy atom. The maximum absolute atomic E-state index is 12.4. The summed E-state index contributed by atoms with van der Waals surface area (Å²) in [4.78, 5) is 24.4. The van der Waals surface area contributed by atoms with Gasteiger partial charge in [-0.2, -0.15) is 0 Å². The molecule has 0 spiro atoms. The minimum Gasteiger partial charge on any atom is -0.466 e. The molecule has 0 rings (SSSR count). The molecule has 0 aromatic heterocycles. The zero-order valence-corrected chi connectivity index (χ0v) is 40.4. The van der Waals surface area contributed by atoms with Crippen LogP contribution < -0.4 is 5.32 Å². The fourth-order valence-corrected chi connectivity index (χ4v) is 7.71. The zero-order valence-electron chi connectivity index (χ0n) is 40.4. The number of rotatable bonds is 48. The summed E-state index contributed by atoms with van der Waals surface area (Å²) in [6, 6.07) is -0.634. The van der Waals surface area contributed by atoms with Gasteiger partial charge in [-0.1, -0.05) is 210 Å². The van der Waals surface area contributed by atoms with E-state index in [0.717, 1.165) is 64.2 Å². The van der Waals surface area contributed by atoms with Gasteiger partial charge in [-0.15, -0.1) is 0 Å². The molecule has 0 aliphatic heterocycles. The van der Waals surface area contributed by atoms with Crippen LogP contribution in [0.4, 0.5) is 0 Å². The number of aliphatic hydroxyl groups excluding tert-OH is 2. The molecule has 1 amide bonds. The fourth-order valence-electron chi connectivity index (χ4n) is 7.71. The van der Waals surface area contributed by atoms with E-state index in [1.54, 1.807) is 6.08 Å². The molecule has 0 fully saturated rings. The van der Waals surface area contributed by atoms with E-state index in [-0.39, 0.29) is 18.5 Å². The van der Waals surface area contributed by atoms with Crippen LogP contribution in [0.1, 0.15) is 264 Å². The minimum atomic E-state index is -0.849. The van der Waals surface area contributed by atoms with Crippen LogP contribution in [0.25, 0.3) is 0 Å². The maximum Gasteiger partial charge on any atom is 0.305 e. The highest BCUT2D eigenvalue weighted by atomic mass is 16.5. The summed E-state index contributed by atoms with van der Waals surface area (Å²) in [5, 5.41) is 22.9. The van der Waals surface area contributed by atoms with Crippen molar-refractivity contribution >= 4 is 11.9 Å². The standard InChI is InChI=1S/C55H101NO5/c1-3-5-7-9-11-13-15-16-22-26-29-33-37-41-45-49-55(60)61-50-46-42-38-34-30-27-24-21-19-17-18-20-23-25-28-32-36-40-44-48-54(59)56-52(51-57)53(58)47-43-39-35-31-14-12-10-8-6-4-2/h11,13,16-18,22,43,47,52-53,57-58H,3-10,12,14-15,19-21,23-42,44-46,48-51H2,1-2H3,(H,56,59)/b13-11-,18-17-,22-16-,47-43+. The Morgan fingerprint density at radius 1 is 0.459 bits per heavy atom. The van der Waals surface area contributed by atoms with Gasteiger partial charge in [0, 0.05) is 12.8 Å². The third kappa shape index (κ3) is 47.1. The molecule has 6 heteroatoms. The van der Waals surface area contributed by atoms with E-state index in [4.69, 9.17) is 4.74 Å². The average Bonchev–Trinajstić information content (AvgIpc) is 3.26. The first-order chi connectivity index (χ1) is 30.0. The summed E-state index contributed by atoms with van der Waals surface area (Å²) in [6.45, 7) is 4.83. The number of amides is 1. The second kappa shape index (κ2) is 50.5. The van der Waals surface area contributed by atoms with Crippen molar-refractivity contribution in [1.82, 2.24) is 5.32 Å². The Kier molecular flexibility index (Phi) is 48.7. The normalized spacial score (nSPS) is 13.0. The monoisotopic (exact) mass is 856 g/mol. The maximum atomic E-state index is 12.4. The fraction of sp³-hybridized carbons (Fsp3) is 0.818. The van der Waals surface area contributed by atoms with E-state index in [9.17, 15) is 19.8 Å². The number of allylic oxidation sites excluding steroid dienone is 7. The SMILES string of the molecule is CCCCC/C=C\C/C=C\CCCCCCCC(=O)OCCCCCCCCCC/C=C\CCCCCCCCCC(=O)NC(CO)C(O)/C=C/CCCCCCCCCC. The predicted molar refractivity (Wildman–Crippen MR) is 264 cm³/mol. The number of esters is 1. The molecule has 0 saturated carbocycles. The lowest BCUT2D eigenvalue weighted by Gasteiger charge is -2.20. The van der Waals surface area contributed by atoms with E-state index >= 15 is 0 Å². The minimum absolute atomic E-state index is 0.0119. The summed E-state index contributed by atoms with van der Waals surface area (Å²) in [7, 11) is 0. The molecule has 3 N–H and O–H groups in total. The number of carbonyl (C=O) groups excluding carboxylic acids is 2. The molecule has 0 bridgehead atoms. The van der Waals surface area contributed by atoms with E-state index in [2.05, 4.69) is 55.6 Å². The summed E-state index contributed by atoms with van der Waals surface area (Å²) in [5.74, 6) is -0.0931. The van der Waals surface area contributed by atoms with Crippen molar-refractivity contribution in [2.24, 2.45) is 0 Å². The lowest BCUT2D eigenvalue weighted by Crippen LogP contribution is -2.45. The Hall–Kier alpha value is -2.18. The summed E-state index contributed by atoms with van der Waals surface area (Å²) < 4.78 is 5.46. The first-order valence-electron chi connectivity index (χ1n) is 26.4. The van der Waals surface area contributed by atoms with Crippen LogP contribution in [0.15, 0.2) is 48.6 Å². The topological polar surface area (TPSA) is 95.9 Å². The molecule has 0 aromatic rings. The van der Waals surface area contributed by atoms with Crippen LogP contribution in [0.2, 0.25) is 0 Å². The van der Waals surface area contributed by atoms with Crippen LogP contribution in [-0.4, -0.2) is 47.4 Å². The Balaban J connectivity index is 3.46. The van der Waals surface area contributed by atoms with Gasteiger partial charge in [0.15, 0.2) is 0 Å². The summed E-state index contributed by atoms with van der Waals surface area (Å²) in [6.07, 6.45) is 62.6. The van der Waals surface area contributed by atoms with Gasteiger partial charge >= 0.3 is 5.97 Å². The lowest BCUT2D eigenvalue weighted by molar-refractivity contribution is -0.143. The quantitative estimate of drug-likeness (QED) is 0.0322. The largest absolute Gasteiger partial charge is 0.466 e. The highest BCUT2D eigenvalue weighted by molar-refractivity contribution is 5.76. The van der Waals surface area contributed by atoms with Crippen LogP contribution in [0, 0.1) is 0 Å². The molecular formula is C55H101NO5. The van der Waals surface area contributed by atoms with Gasteiger partial charge in [0.1, 0.15) is 0 Å². The summed E-state index contributed by atoms with van der Waals surface area (Å²) in [5.41, 5.74) is 0. The lowest BCUT2D eigenvalue weighted by atomic mass is 10.1. The second-order valence-electron chi connectivity index (χ2n) is 17.8. The molecule has 2 atom stereocenters. The third-order valence-corrected chi connectivity index (χ3v) is 11.8. The second-order valence-corrected chi connectivity index (χ2v) is 17.8. The van der Waals surface area contributed by atoms with Gasteiger partial charge in [0.25, 0.3) is 0 Å². The van der Waals surface area contributed by atoms with Crippen molar-refractivity contribution < 1.29 is 24.5 Å². The number of aliphatic hydroxyl groups is 2. The Bertz CT molecular complexity index is 1040. The molecule has 6 nitrogen and oxygen atoms in total. The van der Waals surface area contributed by atoms with E-state index in [0.29, 0.717) is 19.4 Å². The highest BCUT2D eigenvalue weighted by Gasteiger charge is 2.18. The number of unbranched alkanes of at least 4 members (excludes halogenated alkanes) is 31. The van der Waals surface area contributed by atoms with Gasteiger partial charge in [-0.05, 0) is 89.9 Å². The van der Waals surface area contributed by atoms with Gasteiger partial charge < -0.3 is 20.3 Å². The van der Waals surface area contributed by atoms with Gasteiger partial charge in [0.2, 0.25) is 5.91 Å². The Labute approximate surface area is 378 Å². The molecule has 2 unspecified atom stereocenters. The van der Waals surface area contributed by atoms with Crippen LogP contribution in [0.3, 0.4) is 0 Å². The first kappa shape index (κ1) is 58.8. The number of ether oxygens (including phenoxy) is 1. The highest BCUT2D eigenvalue weighted by Crippen LogP contribution is 2.14. The van der Waals surface area contributed by atoms with Crippen LogP contribution in [-0.2, 0) is 14.3 Å². The van der Waals surface area contributed by atoms with Crippen molar-refractivity contribution in [2.45, 2.75) is 276 Å². The van der Waals surface area contributed by atoms with E-state index in [1.165, 1.54) is 173 Å². The zero-order chi connectivity index (χ0) is 44.4. The third-order valence-electron chi connectivity index (χ3n) is 11.8. The molecule has 61 heavy (non-hydrogen) atoms. The van der Waals surface area contributed by atoms with Gasteiger partial charge in [-0.3, -0.25) is 9.59 Å². The Morgan fingerprint density at radius 2 is 0.820 bits per heavy atom. The van der Waals surface area contributed by atoms with Crippen LogP contribution in [0.5, 0.6) is 0 Å². The van der Waals surface area contributed by atoms with Crippen molar-refractivity contribution in [1.29, 1.82) is 0 Å². The van der Waals surface area contributed by atoms with Crippen molar-refractivity contribution in [3.05, 3.63) is 48.6 Å². The van der Waals surface area contributed by atoms with Gasteiger partial charge in [0.05, 0.1) is 25.4 Å². The van der Waals surface area contributed by atoms with Crippen LogP contribution >= 0.6 is 0 Å². The predicted octanol–water partition coefficient (Wildman–Crippen LogP) is 15.8. The van der Waals surface area contributed by atoms with Crippen molar-refractivity contribution in [2.75, 3.05) is 13.2 Å². The first-order valence-corrected chi connectivity index (χ1v) is 26.4. The van der Waals surface area contributed by atoms with E-state index < -0.39 is 12.1 Å². The molecule has 0 aliphatic carbocycles. The van der Waals surface area contributed by atoms with E-state index in [1.807, 2.05) is 6.08 Å². The number of hydrogen-bond donors (Lipinski definition) is 3. The molecule has 0 aliphatic rings. The molecule has 0 aromatic carbocycles. The smallest absolute Gasteiger partial charge is 0.305 e. The molecular weight excluding hydrogens is 755 g/mol. The van der Waals surface area contributed by atoms with Gasteiger partial charge in [-0.25, -0.2) is 0 Å².